The summed E-state index contributed by atoms with van der Waals surface area (Å²) in [6, 6.07) is 15.5. The van der Waals surface area contributed by atoms with Crippen LogP contribution in [0.25, 0.3) is 12.2 Å². The van der Waals surface area contributed by atoms with Gasteiger partial charge >= 0.3 is 0 Å². The number of carbonyl (C=O) groups is 1. The Kier molecular flexibility index (Phi) is 3.56. The van der Waals surface area contributed by atoms with Gasteiger partial charge in [-0.15, -0.1) is 11.3 Å². The normalized spacial score (nSPS) is 11.0. The lowest BCUT2D eigenvalue weighted by Gasteiger charge is -1.95. The van der Waals surface area contributed by atoms with Crippen molar-refractivity contribution < 1.29 is 4.79 Å². The van der Waals surface area contributed by atoms with Gasteiger partial charge in [0, 0.05) is 6.20 Å². The fourth-order valence-electron chi connectivity index (χ4n) is 1.80. The highest BCUT2D eigenvalue weighted by atomic mass is 32.1. The molecule has 0 unspecified atom stereocenters. The molecule has 0 bridgehead atoms. The van der Waals surface area contributed by atoms with Crippen molar-refractivity contribution in [2.75, 3.05) is 0 Å². The Hall–Kier alpha value is -2.46. The molecule has 0 radical (unpaired) electrons. The number of hydrogen-bond acceptors (Lipinski definition) is 3. The zero-order chi connectivity index (χ0) is 13.8. The van der Waals surface area contributed by atoms with Crippen LogP contribution in [0, 0.1) is 0 Å². The van der Waals surface area contributed by atoms with E-state index in [2.05, 4.69) is 5.10 Å². The third-order valence-corrected chi connectivity index (χ3v) is 3.65. The van der Waals surface area contributed by atoms with Crippen LogP contribution in [-0.2, 0) is 0 Å². The summed E-state index contributed by atoms with van der Waals surface area (Å²) in [4.78, 5) is 12.8. The second-order valence-electron chi connectivity index (χ2n) is 4.21. The third kappa shape index (κ3) is 2.75. The minimum absolute atomic E-state index is 0.0978. The van der Waals surface area contributed by atoms with Gasteiger partial charge in [0.25, 0.3) is 5.91 Å². The Balaban J connectivity index is 1.77. The number of benzene rings is 1. The molecule has 0 fully saturated rings. The molecule has 0 saturated heterocycles. The first-order valence-electron chi connectivity index (χ1n) is 6.20. The zero-order valence-electron chi connectivity index (χ0n) is 10.6. The second kappa shape index (κ2) is 5.67. The van der Waals surface area contributed by atoms with Crippen LogP contribution >= 0.6 is 11.3 Å². The van der Waals surface area contributed by atoms with Crippen molar-refractivity contribution in [2.24, 2.45) is 0 Å². The molecule has 0 atom stereocenters. The maximum atomic E-state index is 12.1. The first-order chi connectivity index (χ1) is 9.83. The van der Waals surface area contributed by atoms with Crippen LogP contribution < -0.4 is 0 Å². The highest BCUT2D eigenvalue weighted by Gasteiger charge is 2.09. The van der Waals surface area contributed by atoms with Gasteiger partial charge in [0.2, 0.25) is 0 Å². The Morgan fingerprint density at radius 1 is 1.05 bits per heavy atom. The lowest BCUT2D eigenvalue weighted by molar-refractivity contribution is 0.0949. The Labute approximate surface area is 120 Å². The summed E-state index contributed by atoms with van der Waals surface area (Å²) < 4.78 is 1.37. The second-order valence-corrected chi connectivity index (χ2v) is 5.16. The van der Waals surface area contributed by atoms with E-state index in [4.69, 9.17) is 0 Å². The van der Waals surface area contributed by atoms with E-state index in [1.165, 1.54) is 16.0 Å². The third-order valence-electron chi connectivity index (χ3n) is 2.80. The molecule has 3 aromatic rings. The van der Waals surface area contributed by atoms with E-state index in [1.807, 2.05) is 60.0 Å². The van der Waals surface area contributed by atoms with E-state index < -0.39 is 0 Å². The minimum atomic E-state index is -0.0978. The number of nitrogens with zero attached hydrogens (tertiary/aromatic N) is 2. The molecule has 2 aromatic heterocycles. The quantitative estimate of drug-likeness (QED) is 0.731. The van der Waals surface area contributed by atoms with Crippen LogP contribution in [0.4, 0.5) is 0 Å². The molecule has 3 nitrogen and oxygen atoms in total. The molecule has 0 aliphatic carbocycles. The molecule has 0 aliphatic rings. The molecule has 20 heavy (non-hydrogen) atoms. The molecular formula is C16H12N2OS. The van der Waals surface area contributed by atoms with Crippen molar-refractivity contribution in [1.29, 1.82) is 0 Å². The Morgan fingerprint density at radius 3 is 2.65 bits per heavy atom. The molecule has 0 amide bonds. The Bertz CT molecular complexity index is 727. The standard InChI is InChI=1S/C16H12N2OS/c19-16(15-7-4-12-20-15)18-11-10-14(17-18)9-8-13-5-2-1-3-6-13/h1-12H/b9-8+. The van der Waals surface area contributed by atoms with Crippen LogP contribution in [0.5, 0.6) is 0 Å². The number of hydrogen-bond donors (Lipinski definition) is 0. The smallest absolute Gasteiger partial charge is 0.266 e. The van der Waals surface area contributed by atoms with Gasteiger partial charge < -0.3 is 0 Å². The fraction of sp³-hybridized carbons (Fsp3) is 0. The average Bonchev–Trinajstić information content (AvgIpc) is 3.17. The molecule has 98 valence electrons. The van der Waals surface area contributed by atoms with Gasteiger partial charge in [-0.05, 0) is 29.2 Å². The summed E-state index contributed by atoms with van der Waals surface area (Å²) in [5.41, 5.74) is 1.87. The SMILES string of the molecule is O=C(c1cccs1)n1ccc(/C=C/c2ccccc2)n1. The Morgan fingerprint density at radius 2 is 1.90 bits per heavy atom. The van der Waals surface area contributed by atoms with Crippen molar-refractivity contribution in [3.8, 4) is 0 Å². The first kappa shape index (κ1) is 12.6. The summed E-state index contributed by atoms with van der Waals surface area (Å²) in [6.45, 7) is 0. The van der Waals surface area contributed by atoms with Crippen LogP contribution in [0.15, 0.2) is 60.1 Å². The van der Waals surface area contributed by atoms with Gasteiger partial charge in [-0.3, -0.25) is 4.79 Å². The van der Waals surface area contributed by atoms with E-state index in [0.717, 1.165) is 11.3 Å². The van der Waals surface area contributed by atoms with E-state index in [9.17, 15) is 4.79 Å². The maximum absolute atomic E-state index is 12.1. The van der Waals surface area contributed by atoms with Crippen LogP contribution in [0.2, 0.25) is 0 Å². The number of rotatable bonds is 3. The fourth-order valence-corrected chi connectivity index (χ4v) is 2.45. The van der Waals surface area contributed by atoms with E-state index in [-0.39, 0.29) is 5.91 Å². The van der Waals surface area contributed by atoms with Crippen LogP contribution in [-0.4, -0.2) is 15.7 Å². The van der Waals surface area contributed by atoms with Gasteiger partial charge in [0.15, 0.2) is 0 Å². The van der Waals surface area contributed by atoms with Crippen molar-refractivity contribution in [2.45, 2.75) is 0 Å². The highest BCUT2D eigenvalue weighted by Crippen LogP contribution is 2.11. The first-order valence-corrected chi connectivity index (χ1v) is 7.08. The zero-order valence-corrected chi connectivity index (χ0v) is 11.5. The van der Waals surface area contributed by atoms with E-state index in [1.54, 1.807) is 12.3 Å². The predicted molar refractivity (Wildman–Crippen MR) is 81.6 cm³/mol. The highest BCUT2D eigenvalue weighted by molar-refractivity contribution is 7.12. The van der Waals surface area contributed by atoms with Crippen molar-refractivity contribution in [3.05, 3.63) is 76.2 Å². The largest absolute Gasteiger partial charge is 0.288 e. The van der Waals surface area contributed by atoms with Crippen molar-refractivity contribution in [1.82, 2.24) is 9.78 Å². The van der Waals surface area contributed by atoms with Gasteiger partial charge in [-0.1, -0.05) is 42.5 Å². The van der Waals surface area contributed by atoms with Crippen LogP contribution in [0.1, 0.15) is 20.9 Å². The molecule has 2 heterocycles. The molecule has 0 aliphatic heterocycles. The molecule has 1 aromatic carbocycles. The molecule has 0 spiro atoms. The summed E-state index contributed by atoms with van der Waals surface area (Å²) in [5, 5.41) is 6.15. The number of aromatic nitrogens is 2. The van der Waals surface area contributed by atoms with Crippen molar-refractivity contribution in [3.63, 3.8) is 0 Å². The molecular weight excluding hydrogens is 268 g/mol. The minimum Gasteiger partial charge on any atom is -0.266 e. The average molecular weight is 280 g/mol. The number of carbonyl (C=O) groups excluding carboxylic acids is 1. The van der Waals surface area contributed by atoms with Crippen LogP contribution in [0.3, 0.4) is 0 Å². The van der Waals surface area contributed by atoms with Gasteiger partial charge in [-0.2, -0.15) is 5.10 Å². The lowest BCUT2D eigenvalue weighted by atomic mass is 10.2. The molecule has 3 rings (SSSR count). The topological polar surface area (TPSA) is 34.9 Å². The van der Waals surface area contributed by atoms with Gasteiger partial charge in [0.05, 0.1) is 10.6 Å². The maximum Gasteiger partial charge on any atom is 0.288 e. The van der Waals surface area contributed by atoms with Gasteiger partial charge in [-0.25, -0.2) is 4.68 Å². The number of thiophene rings is 1. The van der Waals surface area contributed by atoms with E-state index in [0.29, 0.717) is 4.88 Å². The van der Waals surface area contributed by atoms with E-state index >= 15 is 0 Å². The van der Waals surface area contributed by atoms with Crippen molar-refractivity contribution >= 4 is 29.4 Å². The molecule has 0 N–H and O–H groups in total. The summed E-state index contributed by atoms with van der Waals surface area (Å²) in [6.07, 6.45) is 5.56. The monoisotopic (exact) mass is 280 g/mol. The molecule has 4 heteroatoms. The molecule has 0 saturated carbocycles. The summed E-state index contributed by atoms with van der Waals surface area (Å²) >= 11 is 1.42. The summed E-state index contributed by atoms with van der Waals surface area (Å²) in [5.74, 6) is -0.0978. The summed E-state index contributed by atoms with van der Waals surface area (Å²) in [7, 11) is 0. The lowest BCUT2D eigenvalue weighted by Crippen LogP contribution is -2.10. The predicted octanol–water partition coefficient (Wildman–Crippen LogP) is 3.80. The van der Waals surface area contributed by atoms with Gasteiger partial charge in [0.1, 0.15) is 0 Å².